The van der Waals surface area contributed by atoms with E-state index in [1.807, 2.05) is 6.08 Å². The zero-order chi connectivity index (χ0) is 41.8. The lowest BCUT2D eigenvalue weighted by molar-refractivity contribution is -0.161. The number of esters is 2. The molecule has 57 heavy (non-hydrogen) atoms. The third kappa shape index (κ3) is 42.4. The van der Waals surface area contributed by atoms with E-state index in [0.717, 1.165) is 83.5 Å². The molecule has 0 rings (SSSR count). The normalized spacial score (nSPS) is 14.2. The number of carbonyl (C=O) groups excluding carboxylic acids is 2. The molecule has 0 saturated heterocycles. The van der Waals surface area contributed by atoms with E-state index < -0.39 is 32.5 Å². The van der Waals surface area contributed by atoms with Crippen LogP contribution in [0.1, 0.15) is 155 Å². The van der Waals surface area contributed by atoms with Crippen molar-refractivity contribution in [2.24, 2.45) is 5.73 Å². The quantitative estimate of drug-likeness (QED) is 0.0269. The van der Waals surface area contributed by atoms with Crippen molar-refractivity contribution in [1.29, 1.82) is 0 Å². The Morgan fingerprint density at radius 1 is 0.544 bits per heavy atom. The van der Waals surface area contributed by atoms with Crippen molar-refractivity contribution in [2.75, 3.05) is 26.4 Å². The van der Waals surface area contributed by atoms with Gasteiger partial charge in [-0.3, -0.25) is 18.6 Å². The summed E-state index contributed by atoms with van der Waals surface area (Å²) in [6.07, 6.45) is 54.4. The summed E-state index contributed by atoms with van der Waals surface area (Å²) in [5.74, 6) is -0.922. The summed E-state index contributed by atoms with van der Waals surface area (Å²) >= 11 is 0. The van der Waals surface area contributed by atoms with Crippen LogP contribution in [-0.2, 0) is 32.7 Å². The molecule has 0 bridgehead atoms. The van der Waals surface area contributed by atoms with Crippen molar-refractivity contribution in [3.05, 3.63) is 97.2 Å². The van der Waals surface area contributed by atoms with Gasteiger partial charge in [0.15, 0.2) is 6.10 Å². The van der Waals surface area contributed by atoms with E-state index in [0.29, 0.717) is 19.3 Å². The van der Waals surface area contributed by atoms with E-state index in [1.54, 1.807) is 0 Å². The molecule has 324 valence electrons. The fraction of sp³-hybridized carbons (Fsp3) is 0.617. The SMILES string of the molecule is CC/C=C\C/C=C\C/C=C\C/C=C\C/C=C\CCCC(=O)OC(COC(=O)CCCCCCCC/C=C\C/C=C\C/C=C\CCCCC)COP(=O)(O)OCCN. The van der Waals surface area contributed by atoms with Gasteiger partial charge in [-0.1, -0.05) is 150 Å². The molecule has 0 aliphatic carbocycles. The van der Waals surface area contributed by atoms with Gasteiger partial charge in [0.2, 0.25) is 0 Å². The molecule has 0 amide bonds. The number of nitrogens with two attached hydrogens (primary N) is 1. The summed E-state index contributed by atoms with van der Waals surface area (Å²) in [5, 5.41) is 0. The summed E-state index contributed by atoms with van der Waals surface area (Å²) in [5.41, 5.74) is 5.34. The molecule has 0 heterocycles. The van der Waals surface area contributed by atoms with Crippen LogP contribution in [0.5, 0.6) is 0 Å². The molecule has 2 unspecified atom stereocenters. The van der Waals surface area contributed by atoms with Crippen molar-refractivity contribution < 1.29 is 37.6 Å². The van der Waals surface area contributed by atoms with Crippen molar-refractivity contribution in [3.8, 4) is 0 Å². The Balaban J connectivity index is 4.29. The highest BCUT2D eigenvalue weighted by atomic mass is 31.2. The fourth-order valence-corrected chi connectivity index (χ4v) is 6.03. The molecule has 0 spiro atoms. The number of carbonyl (C=O) groups is 2. The molecule has 0 radical (unpaired) electrons. The molecule has 0 fully saturated rings. The Bertz CT molecular complexity index is 1250. The minimum absolute atomic E-state index is 0.0368. The lowest BCUT2D eigenvalue weighted by Crippen LogP contribution is -2.29. The first-order valence-electron chi connectivity index (χ1n) is 21.7. The monoisotopic (exact) mass is 816 g/mol. The maximum atomic E-state index is 12.6. The Labute approximate surface area is 346 Å². The lowest BCUT2D eigenvalue weighted by atomic mass is 10.1. The van der Waals surface area contributed by atoms with E-state index in [9.17, 15) is 19.0 Å². The number of hydrogen-bond donors (Lipinski definition) is 2. The van der Waals surface area contributed by atoms with Gasteiger partial charge in [0.1, 0.15) is 6.61 Å². The Kier molecular flexibility index (Phi) is 40.2. The highest BCUT2D eigenvalue weighted by molar-refractivity contribution is 7.47. The second-order valence-electron chi connectivity index (χ2n) is 13.8. The van der Waals surface area contributed by atoms with Crippen LogP contribution < -0.4 is 5.73 Å². The predicted octanol–water partition coefficient (Wildman–Crippen LogP) is 12.6. The first-order valence-corrected chi connectivity index (χ1v) is 23.2. The number of ether oxygens (including phenoxy) is 2. The van der Waals surface area contributed by atoms with E-state index in [-0.39, 0.29) is 32.6 Å². The number of unbranched alkanes of at least 4 members (excludes halogenated alkanes) is 10. The minimum atomic E-state index is -4.40. The van der Waals surface area contributed by atoms with E-state index in [4.69, 9.17) is 24.3 Å². The van der Waals surface area contributed by atoms with Gasteiger partial charge in [0.25, 0.3) is 0 Å². The molecule has 0 aromatic carbocycles. The summed E-state index contributed by atoms with van der Waals surface area (Å²) in [4.78, 5) is 34.9. The van der Waals surface area contributed by atoms with Crippen LogP contribution in [0.4, 0.5) is 0 Å². The molecule has 0 aromatic rings. The Morgan fingerprint density at radius 3 is 1.49 bits per heavy atom. The first kappa shape index (κ1) is 53.9. The Morgan fingerprint density at radius 2 is 0.982 bits per heavy atom. The van der Waals surface area contributed by atoms with Crippen LogP contribution in [-0.4, -0.2) is 49.3 Å². The van der Waals surface area contributed by atoms with Crippen LogP contribution >= 0.6 is 7.82 Å². The molecular formula is C47H78NO8P. The third-order valence-electron chi connectivity index (χ3n) is 8.45. The van der Waals surface area contributed by atoms with Gasteiger partial charge in [-0.05, 0) is 89.9 Å². The zero-order valence-corrected chi connectivity index (χ0v) is 36.4. The molecule has 0 saturated carbocycles. The number of phosphoric ester groups is 1. The van der Waals surface area contributed by atoms with Crippen molar-refractivity contribution in [2.45, 2.75) is 161 Å². The molecule has 0 aliphatic rings. The van der Waals surface area contributed by atoms with Gasteiger partial charge < -0.3 is 20.1 Å². The standard InChI is InChI=1S/C47H78NO8P/c1-3-5-7-9-11-13-15-17-19-21-22-24-25-27-29-31-33-35-37-39-46(49)53-43-45(44-55-57(51,52)54-42-41-48)56-47(50)40-38-36-34-32-30-28-26-23-20-18-16-14-12-10-8-6-4-2/h6,8,11-14,17-20,22,24,26,28,32,34,45H,3-5,7,9-10,15-16,21,23,25,27,29-31,33,35-44,48H2,1-2H3,(H,51,52)/b8-6-,13-11-,14-12-,19-17-,20-18-,24-22-,28-26-,34-32-. The molecule has 10 heteroatoms. The van der Waals surface area contributed by atoms with E-state index in [1.165, 1.54) is 25.7 Å². The van der Waals surface area contributed by atoms with Crippen LogP contribution in [0.2, 0.25) is 0 Å². The third-order valence-corrected chi connectivity index (χ3v) is 9.44. The van der Waals surface area contributed by atoms with Crippen LogP contribution in [0, 0.1) is 0 Å². The predicted molar refractivity (Wildman–Crippen MR) is 238 cm³/mol. The second-order valence-corrected chi connectivity index (χ2v) is 15.3. The number of phosphoric acid groups is 1. The molecule has 0 aliphatic heterocycles. The van der Waals surface area contributed by atoms with Crippen LogP contribution in [0.15, 0.2) is 97.2 Å². The first-order chi connectivity index (χ1) is 27.8. The summed E-state index contributed by atoms with van der Waals surface area (Å²) < 4.78 is 32.7. The van der Waals surface area contributed by atoms with Crippen molar-refractivity contribution in [1.82, 2.24) is 0 Å². The number of rotatable bonds is 39. The summed E-state index contributed by atoms with van der Waals surface area (Å²) in [6.45, 7) is 3.48. The fourth-order valence-electron chi connectivity index (χ4n) is 5.26. The average Bonchev–Trinajstić information content (AvgIpc) is 3.20. The molecule has 0 aromatic heterocycles. The van der Waals surface area contributed by atoms with E-state index in [2.05, 4.69) is 105 Å². The smallest absolute Gasteiger partial charge is 0.462 e. The minimum Gasteiger partial charge on any atom is -0.462 e. The maximum Gasteiger partial charge on any atom is 0.472 e. The van der Waals surface area contributed by atoms with Crippen molar-refractivity contribution in [3.63, 3.8) is 0 Å². The lowest BCUT2D eigenvalue weighted by Gasteiger charge is -2.19. The zero-order valence-electron chi connectivity index (χ0n) is 35.5. The summed E-state index contributed by atoms with van der Waals surface area (Å²) in [6, 6.07) is 0. The van der Waals surface area contributed by atoms with Gasteiger partial charge in [-0.15, -0.1) is 0 Å². The van der Waals surface area contributed by atoms with Gasteiger partial charge >= 0.3 is 19.8 Å². The molecule has 2 atom stereocenters. The van der Waals surface area contributed by atoms with Gasteiger partial charge in [0, 0.05) is 19.4 Å². The van der Waals surface area contributed by atoms with Crippen molar-refractivity contribution >= 4 is 19.8 Å². The highest BCUT2D eigenvalue weighted by Crippen LogP contribution is 2.43. The maximum absolute atomic E-state index is 12.6. The molecule has 3 N–H and O–H groups in total. The molecule has 9 nitrogen and oxygen atoms in total. The second kappa shape index (κ2) is 42.5. The van der Waals surface area contributed by atoms with E-state index >= 15 is 0 Å². The van der Waals surface area contributed by atoms with Gasteiger partial charge in [-0.2, -0.15) is 0 Å². The average molecular weight is 816 g/mol. The number of hydrogen-bond acceptors (Lipinski definition) is 8. The molecular weight excluding hydrogens is 737 g/mol. The summed E-state index contributed by atoms with van der Waals surface area (Å²) in [7, 11) is -4.40. The highest BCUT2D eigenvalue weighted by Gasteiger charge is 2.25. The largest absolute Gasteiger partial charge is 0.472 e. The van der Waals surface area contributed by atoms with Gasteiger partial charge in [0.05, 0.1) is 13.2 Å². The number of allylic oxidation sites excluding steroid dienone is 16. The van der Waals surface area contributed by atoms with Crippen LogP contribution in [0.25, 0.3) is 0 Å². The van der Waals surface area contributed by atoms with Gasteiger partial charge in [-0.25, -0.2) is 4.57 Å². The van der Waals surface area contributed by atoms with Crippen LogP contribution in [0.3, 0.4) is 0 Å². The topological polar surface area (TPSA) is 134 Å². The Hall–Kier alpha value is -3.07.